The molecule has 1 aliphatic heterocycles. The zero-order valence-corrected chi connectivity index (χ0v) is 6.58. The molecule has 0 fully saturated rings. The Balaban J connectivity index is 2.60. The number of allylic oxidation sites excluding steroid dienone is 1. The Morgan fingerprint density at radius 3 is 3.00 bits per heavy atom. The van der Waals surface area contributed by atoms with E-state index in [4.69, 9.17) is 5.11 Å². The lowest BCUT2D eigenvalue weighted by Gasteiger charge is -2.16. The summed E-state index contributed by atoms with van der Waals surface area (Å²) in [7, 11) is 0. The lowest BCUT2D eigenvalue weighted by Crippen LogP contribution is -2.36. The Morgan fingerprint density at radius 2 is 2.36 bits per heavy atom. The maximum absolute atomic E-state index is 10.6. The van der Waals surface area contributed by atoms with Gasteiger partial charge in [-0.1, -0.05) is 12.2 Å². The van der Waals surface area contributed by atoms with Gasteiger partial charge < -0.3 is 10.4 Å². The first kappa shape index (κ1) is 8.27. The fraction of sp³-hybridized carbons (Fsp3) is 0.625. The number of nitrogens with one attached hydrogen (secondary N) is 1. The molecule has 0 aromatic heterocycles. The average Bonchev–Trinajstić information content (AvgIpc) is 2.13. The van der Waals surface area contributed by atoms with Gasteiger partial charge >= 0.3 is 5.97 Å². The van der Waals surface area contributed by atoms with E-state index in [9.17, 15) is 4.79 Å². The largest absolute Gasteiger partial charge is 0.481 e. The minimum atomic E-state index is -0.712. The highest BCUT2D eigenvalue weighted by Crippen LogP contribution is 2.12. The summed E-state index contributed by atoms with van der Waals surface area (Å²) in [6, 6.07) is 0.0718. The van der Waals surface area contributed by atoms with Crippen LogP contribution in [0.1, 0.15) is 13.3 Å². The molecule has 2 atom stereocenters. The van der Waals surface area contributed by atoms with Crippen LogP contribution in [0.5, 0.6) is 0 Å². The number of aliphatic carboxylic acids is 1. The summed E-state index contributed by atoms with van der Waals surface area (Å²) in [6.07, 6.45) is 4.54. The number of hydrogen-bond acceptors (Lipinski definition) is 2. The van der Waals surface area contributed by atoms with Gasteiger partial charge in [-0.05, 0) is 13.3 Å². The molecule has 0 unspecified atom stereocenters. The molecule has 1 aliphatic rings. The predicted octanol–water partition coefficient (Wildman–Crippen LogP) is 0.625. The van der Waals surface area contributed by atoms with E-state index in [0.29, 0.717) is 6.42 Å². The van der Waals surface area contributed by atoms with Gasteiger partial charge in [0.15, 0.2) is 0 Å². The topological polar surface area (TPSA) is 49.3 Å². The second-order valence-electron chi connectivity index (χ2n) is 2.85. The van der Waals surface area contributed by atoms with Gasteiger partial charge in [0.2, 0.25) is 0 Å². The zero-order valence-electron chi connectivity index (χ0n) is 6.58. The molecule has 0 bridgehead atoms. The molecule has 0 saturated heterocycles. The third kappa shape index (κ3) is 2.05. The number of hydrogen-bond donors (Lipinski definition) is 2. The van der Waals surface area contributed by atoms with Crippen molar-refractivity contribution in [3.05, 3.63) is 12.2 Å². The lowest BCUT2D eigenvalue weighted by atomic mass is 9.99. The Kier molecular flexibility index (Phi) is 2.65. The second kappa shape index (κ2) is 3.53. The molecule has 62 valence electrons. The first-order valence-corrected chi connectivity index (χ1v) is 3.83. The predicted molar refractivity (Wildman–Crippen MR) is 42.3 cm³/mol. The van der Waals surface area contributed by atoms with Crippen LogP contribution in [0.2, 0.25) is 0 Å². The summed E-state index contributed by atoms with van der Waals surface area (Å²) in [5, 5.41) is 11.9. The second-order valence-corrected chi connectivity index (χ2v) is 2.85. The van der Waals surface area contributed by atoms with Gasteiger partial charge in [-0.25, -0.2) is 0 Å². The first-order valence-electron chi connectivity index (χ1n) is 3.83. The van der Waals surface area contributed by atoms with Crippen molar-refractivity contribution in [2.45, 2.75) is 19.4 Å². The van der Waals surface area contributed by atoms with E-state index >= 15 is 0 Å². The number of rotatable bonds is 1. The molecular formula is C8H13NO2. The molecule has 0 aromatic rings. The fourth-order valence-electron chi connectivity index (χ4n) is 1.24. The molecule has 0 radical (unpaired) electrons. The summed E-state index contributed by atoms with van der Waals surface area (Å²) in [5.41, 5.74) is 0. The van der Waals surface area contributed by atoms with Crippen molar-refractivity contribution in [2.24, 2.45) is 5.92 Å². The quantitative estimate of drug-likeness (QED) is 0.546. The standard InChI is InChI=1S/C8H13NO2/c1-6-7(8(10)11)4-2-3-5-9-6/h2-3,6-7,9H,4-5H2,1H3,(H,10,11)/t6-,7+/m0/s1. The fourth-order valence-corrected chi connectivity index (χ4v) is 1.24. The highest BCUT2D eigenvalue weighted by molar-refractivity contribution is 5.71. The maximum atomic E-state index is 10.6. The van der Waals surface area contributed by atoms with Crippen LogP contribution in [0, 0.1) is 5.92 Å². The van der Waals surface area contributed by atoms with Crippen molar-refractivity contribution in [1.29, 1.82) is 0 Å². The molecule has 0 aromatic carbocycles. The van der Waals surface area contributed by atoms with E-state index in [0.717, 1.165) is 6.54 Å². The van der Waals surface area contributed by atoms with Gasteiger partial charge in [-0.15, -0.1) is 0 Å². The summed E-state index contributed by atoms with van der Waals surface area (Å²) in [4.78, 5) is 10.6. The van der Waals surface area contributed by atoms with Crippen molar-refractivity contribution >= 4 is 5.97 Å². The molecule has 11 heavy (non-hydrogen) atoms. The van der Waals surface area contributed by atoms with Crippen LogP contribution in [0.4, 0.5) is 0 Å². The Hall–Kier alpha value is -0.830. The minimum absolute atomic E-state index is 0.0718. The van der Waals surface area contributed by atoms with E-state index in [1.54, 1.807) is 0 Å². The van der Waals surface area contributed by atoms with Gasteiger partial charge in [0.1, 0.15) is 0 Å². The van der Waals surface area contributed by atoms with E-state index < -0.39 is 5.97 Å². The van der Waals surface area contributed by atoms with Gasteiger partial charge in [0.25, 0.3) is 0 Å². The summed E-state index contributed by atoms with van der Waals surface area (Å²) in [5.74, 6) is -0.981. The normalized spacial score (nSPS) is 31.4. The highest BCUT2D eigenvalue weighted by Gasteiger charge is 2.23. The van der Waals surface area contributed by atoms with Gasteiger partial charge in [0.05, 0.1) is 5.92 Å². The van der Waals surface area contributed by atoms with Crippen LogP contribution >= 0.6 is 0 Å². The van der Waals surface area contributed by atoms with Crippen LogP contribution in [0.25, 0.3) is 0 Å². The zero-order chi connectivity index (χ0) is 8.27. The van der Waals surface area contributed by atoms with E-state index in [1.807, 2.05) is 19.1 Å². The third-order valence-electron chi connectivity index (χ3n) is 2.04. The van der Waals surface area contributed by atoms with Crippen molar-refractivity contribution in [1.82, 2.24) is 5.32 Å². The number of carbonyl (C=O) groups is 1. The van der Waals surface area contributed by atoms with Crippen LogP contribution in [0.15, 0.2) is 12.2 Å². The number of carboxylic acids is 1. The molecule has 0 aliphatic carbocycles. The van der Waals surface area contributed by atoms with Crippen molar-refractivity contribution in [3.63, 3.8) is 0 Å². The molecule has 0 saturated carbocycles. The van der Waals surface area contributed by atoms with Crippen molar-refractivity contribution in [2.75, 3.05) is 6.54 Å². The monoisotopic (exact) mass is 155 g/mol. The summed E-state index contributed by atoms with van der Waals surface area (Å²) >= 11 is 0. The Morgan fingerprint density at radius 1 is 1.64 bits per heavy atom. The van der Waals surface area contributed by atoms with Crippen LogP contribution < -0.4 is 5.32 Å². The molecule has 3 heteroatoms. The molecular weight excluding hydrogens is 142 g/mol. The lowest BCUT2D eigenvalue weighted by molar-refractivity contribution is -0.142. The summed E-state index contributed by atoms with van der Waals surface area (Å²) < 4.78 is 0. The highest BCUT2D eigenvalue weighted by atomic mass is 16.4. The maximum Gasteiger partial charge on any atom is 0.308 e. The minimum Gasteiger partial charge on any atom is -0.481 e. The molecule has 1 heterocycles. The average molecular weight is 155 g/mol. The van der Waals surface area contributed by atoms with E-state index in [-0.39, 0.29) is 12.0 Å². The van der Waals surface area contributed by atoms with Crippen molar-refractivity contribution < 1.29 is 9.90 Å². The third-order valence-corrected chi connectivity index (χ3v) is 2.04. The molecule has 0 amide bonds. The van der Waals surface area contributed by atoms with Gasteiger partial charge in [-0.2, -0.15) is 0 Å². The van der Waals surface area contributed by atoms with Crippen LogP contribution in [0.3, 0.4) is 0 Å². The van der Waals surface area contributed by atoms with E-state index in [2.05, 4.69) is 5.32 Å². The van der Waals surface area contributed by atoms with E-state index in [1.165, 1.54) is 0 Å². The SMILES string of the molecule is C[C@@H]1NCC=CC[C@H]1C(=O)O. The molecule has 0 spiro atoms. The Bertz CT molecular complexity index is 177. The van der Waals surface area contributed by atoms with Crippen LogP contribution in [-0.4, -0.2) is 23.7 Å². The van der Waals surface area contributed by atoms with Crippen LogP contribution in [-0.2, 0) is 4.79 Å². The molecule has 3 nitrogen and oxygen atoms in total. The summed E-state index contributed by atoms with van der Waals surface area (Å²) in [6.45, 7) is 2.69. The molecule has 2 N–H and O–H groups in total. The first-order chi connectivity index (χ1) is 5.22. The van der Waals surface area contributed by atoms with Gasteiger partial charge in [0, 0.05) is 12.6 Å². The molecule has 1 rings (SSSR count). The van der Waals surface area contributed by atoms with Crippen molar-refractivity contribution in [3.8, 4) is 0 Å². The Labute approximate surface area is 66.1 Å². The van der Waals surface area contributed by atoms with Gasteiger partial charge in [-0.3, -0.25) is 4.79 Å². The number of carboxylic acid groups (broad SMARTS) is 1. The smallest absolute Gasteiger partial charge is 0.308 e.